The second kappa shape index (κ2) is 17.4. The van der Waals surface area contributed by atoms with Gasteiger partial charge in [-0.25, -0.2) is 4.98 Å². The molecule has 1 atom stereocenters. The van der Waals surface area contributed by atoms with E-state index in [0.717, 1.165) is 79.1 Å². The van der Waals surface area contributed by atoms with Crippen LogP contribution in [0, 0.1) is 17.3 Å². The molecule has 8 heteroatoms. The SMILES string of the molecule is CCCCOc1ccc(C[C@H](NC(=O)C2CCC(C(C)(C)C)CC2)c2nc(-c3ccc(Cl)cc3Cl)cn2CCCOc2ccccc2)cc1. The van der Waals surface area contributed by atoms with Crippen molar-refractivity contribution in [1.29, 1.82) is 0 Å². The number of aryl methyl sites for hydroxylation is 1. The highest BCUT2D eigenvalue weighted by Gasteiger charge is 2.34. The Balaban J connectivity index is 1.42. The minimum Gasteiger partial charge on any atom is -0.494 e. The fourth-order valence-electron chi connectivity index (χ4n) is 6.67. The van der Waals surface area contributed by atoms with E-state index in [9.17, 15) is 4.79 Å². The molecule has 0 aliphatic heterocycles. The van der Waals surface area contributed by atoms with Crippen molar-refractivity contribution in [3.63, 3.8) is 0 Å². The third-order valence-electron chi connectivity index (χ3n) is 9.65. The van der Waals surface area contributed by atoms with Crippen LogP contribution in [-0.4, -0.2) is 28.7 Å². The largest absolute Gasteiger partial charge is 0.494 e. The fraction of sp³-hybridized carbons (Fsp3) is 0.463. The minimum atomic E-state index is -0.352. The zero-order chi connectivity index (χ0) is 34.8. The van der Waals surface area contributed by atoms with Gasteiger partial charge < -0.3 is 19.4 Å². The Kier molecular flexibility index (Phi) is 13.1. The summed E-state index contributed by atoms with van der Waals surface area (Å²) in [5, 5.41) is 4.57. The molecule has 0 radical (unpaired) electrons. The summed E-state index contributed by atoms with van der Waals surface area (Å²) < 4.78 is 14.1. The number of nitrogens with zero attached hydrogens (tertiary/aromatic N) is 2. The van der Waals surface area contributed by atoms with Crippen LogP contribution in [0.5, 0.6) is 11.5 Å². The van der Waals surface area contributed by atoms with Crippen LogP contribution in [0.15, 0.2) is 79.0 Å². The molecule has 1 saturated carbocycles. The number of halogens is 2. The van der Waals surface area contributed by atoms with Crippen molar-refractivity contribution in [3.8, 4) is 22.8 Å². The van der Waals surface area contributed by atoms with Crippen LogP contribution >= 0.6 is 23.2 Å². The molecule has 1 amide bonds. The van der Waals surface area contributed by atoms with Gasteiger partial charge in [0.15, 0.2) is 0 Å². The molecule has 1 aliphatic carbocycles. The highest BCUT2D eigenvalue weighted by atomic mass is 35.5. The number of aromatic nitrogens is 2. The Morgan fingerprint density at radius 2 is 1.59 bits per heavy atom. The number of nitrogens with one attached hydrogen (secondary N) is 1. The lowest BCUT2D eigenvalue weighted by Gasteiger charge is -2.36. The highest BCUT2D eigenvalue weighted by Crippen LogP contribution is 2.40. The molecule has 0 spiro atoms. The maximum atomic E-state index is 14.0. The fourth-order valence-corrected chi connectivity index (χ4v) is 7.17. The zero-order valence-electron chi connectivity index (χ0n) is 29.4. The van der Waals surface area contributed by atoms with E-state index in [1.165, 1.54) is 0 Å². The normalized spacial score (nSPS) is 17.0. The first-order valence-corrected chi connectivity index (χ1v) is 18.6. The Morgan fingerprint density at radius 1 is 0.918 bits per heavy atom. The lowest BCUT2D eigenvalue weighted by Crippen LogP contribution is -2.39. The van der Waals surface area contributed by atoms with E-state index in [4.69, 9.17) is 37.7 Å². The molecule has 4 aromatic rings. The van der Waals surface area contributed by atoms with Gasteiger partial charge in [0.1, 0.15) is 17.3 Å². The molecule has 49 heavy (non-hydrogen) atoms. The molecule has 0 bridgehead atoms. The number of hydrogen-bond acceptors (Lipinski definition) is 4. The van der Waals surface area contributed by atoms with Crippen molar-refractivity contribution in [3.05, 3.63) is 100 Å². The van der Waals surface area contributed by atoms with Crippen LogP contribution in [0.2, 0.25) is 10.0 Å². The summed E-state index contributed by atoms with van der Waals surface area (Å²) >= 11 is 12.9. The van der Waals surface area contributed by atoms with Crippen LogP contribution < -0.4 is 14.8 Å². The lowest BCUT2D eigenvalue weighted by atomic mass is 9.69. The van der Waals surface area contributed by atoms with Gasteiger partial charge in [-0.1, -0.05) is 87.6 Å². The Morgan fingerprint density at radius 3 is 2.24 bits per heavy atom. The first-order valence-electron chi connectivity index (χ1n) is 17.8. The lowest BCUT2D eigenvalue weighted by molar-refractivity contribution is -0.127. The van der Waals surface area contributed by atoms with Crippen molar-refractivity contribution in [2.75, 3.05) is 13.2 Å². The summed E-state index contributed by atoms with van der Waals surface area (Å²) in [5.74, 6) is 3.21. The summed E-state index contributed by atoms with van der Waals surface area (Å²) in [6.07, 6.45) is 9.44. The maximum Gasteiger partial charge on any atom is 0.223 e. The monoisotopic (exact) mass is 703 g/mol. The number of imidazole rings is 1. The number of ether oxygens (including phenoxy) is 2. The van der Waals surface area contributed by atoms with Crippen molar-refractivity contribution in [1.82, 2.24) is 14.9 Å². The van der Waals surface area contributed by atoms with Gasteiger partial charge in [-0.15, -0.1) is 0 Å². The van der Waals surface area contributed by atoms with Gasteiger partial charge in [0.05, 0.1) is 30.0 Å². The van der Waals surface area contributed by atoms with Gasteiger partial charge >= 0.3 is 0 Å². The van der Waals surface area contributed by atoms with E-state index in [-0.39, 0.29) is 23.3 Å². The molecule has 1 aromatic heterocycles. The molecular weight excluding hydrogens is 653 g/mol. The van der Waals surface area contributed by atoms with Crippen LogP contribution in [0.1, 0.15) is 90.1 Å². The number of hydrogen-bond donors (Lipinski definition) is 1. The number of carbonyl (C=O) groups excluding carboxylic acids is 1. The topological polar surface area (TPSA) is 65.4 Å². The molecule has 262 valence electrons. The molecule has 1 aliphatic rings. The van der Waals surface area contributed by atoms with Gasteiger partial charge in [-0.05, 0) is 104 Å². The molecule has 6 nitrogen and oxygen atoms in total. The van der Waals surface area contributed by atoms with E-state index in [0.29, 0.717) is 42.1 Å². The Hall–Kier alpha value is -3.48. The van der Waals surface area contributed by atoms with E-state index >= 15 is 0 Å². The summed E-state index contributed by atoms with van der Waals surface area (Å²) in [6.45, 7) is 11.0. The Bertz CT molecular complexity index is 1620. The molecule has 0 unspecified atom stereocenters. The maximum absolute atomic E-state index is 14.0. The van der Waals surface area contributed by atoms with Crippen molar-refractivity contribution in [2.24, 2.45) is 17.3 Å². The molecule has 3 aromatic carbocycles. The van der Waals surface area contributed by atoms with E-state index in [1.54, 1.807) is 6.07 Å². The second-order valence-electron chi connectivity index (χ2n) is 14.3. The van der Waals surface area contributed by atoms with E-state index in [2.05, 4.69) is 49.7 Å². The molecule has 1 heterocycles. The van der Waals surface area contributed by atoms with Crippen LogP contribution in [0.25, 0.3) is 11.3 Å². The first-order chi connectivity index (χ1) is 23.6. The van der Waals surface area contributed by atoms with Gasteiger partial charge in [0.2, 0.25) is 5.91 Å². The average molecular weight is 705 g/mol. The van der Waals surface area contributed by atoms with Crippen molar-refractivity contribution in [2.45, 2.75) is 91.6 Å². The zero-order valence-corrected chi connectivity index (χ0v) is 30.9. The highest BCUT2D eigenvalue weighted by molar-refractivity contribution is 6.36. The van der Waals surface area contributed by atoms with Crippen LogP contribution in [-0.2, 0) is 17.8 Å². The smallest absolute Gasteiger partial charge is 0.223 e. The summed E-state index contributed by atoms with van der Waals surface area (Å²) in [6, 6.07) is 23.2. The molecule has 0 saturated heterocycles. The number of carbonyl (C=O) groups is 1. The molecule has 1 N–H and O–H groups in total. The number of unbranched alkanes of at least 4 members (excludes halogenated alkanes) is 1. The van der Waals surface area contributed by atoms with Crippen LogP contribution in [0.4, 0.5) is 0 Å². The number of rotatable bonds is 15. The quantitative estimate of drug-likeness (QED) is 0.125. The summed E-state index contributed by atoms with van der Waals surface area (Å²) in [7, 11) is 0. The third kappa shape index (κ3) is 10.5. The molecular formula is C41H51Cl2N3O3. The minimum absolute atomic E-state index is 0.0108. The first kappa shape index (κ1) is 36.8. The predicted octanol–water partition coefficient (Wildman–Crippen LogP) is 10.8. The van der Waals surface area contributed by atoms with Crippen molar-refractivity contribution < 1.29 is 14.3 Å². The van der Waals surface area contributed by atoms with Gasteiger partial charge in [0.25, 0.3) is 0 Å². The molecule has 1 fully saturated rings. The van der Waals surface area contributed by atoms with Gasteiger partial charge in [-0.3, -0.25) is 4.79 Å². The number of benzene rings is 3. The van der Waals surface area contributed by atoms with Gasteiger partial charge in [-0.2, -0.15) is 0 Å². The predicted molar refractivity (Wildman–Crippen MR) is 201 cm³/mol. The second-order valence-corrected chi connectivity index (χ2v) is 15.2. The third-order valence-corrected chi connectivity index (χ3v) is 10.2. The number of para-hydroxylation sites is 1. The molecule has 5 rings (SSSR count). The van der Waals surface area contributed by atoms with Crippen molar-refractivity contribution >= 4 is 29.1 Å². The van der Waals surface area contributed by atoms with Gasteiger partial charge in [0, 0.05) is 29.2 Å². The Labute approximate surface area is 302 Å². The summed E-state index contributed by atoms with van der Waals surface area (Å²) in [5.41, 5.74) is 2.89. The summed E-state index contributed by atoms with van der Waals surface area (Å²) in [4.78, 5) is 19.2. The van der Waals surface area contributed by atoms with E-state index < -0.39 is 0 Å². The average Bonchev–Trinajstić information content (AvgIpc) is 3.51. The number of amides is 1. The standard InChI is InChI=1S/C41H51Cl2N3O3/c1-5-6-24-48-34-20-13-29(14-21-34)26-37(45-40(47)30-15-17-31(18-16-30)41(2,3)4)39-44-38(35-22-19-32(42)27-36(35)43)28-46(39)23-10-25-49-33-11-8-7-9-12-33/h7-9,11-14,19-22,27-28,30-31,37H,5-6,10,15-18,23-26H2,1-4H3,(H,45,47)/t30?,31?,37-/m0/s1. The van der Waals surface area contributed by atoms with E-state index in [1.807, 2.05) is 60.8 Å². The van der Waals surface area contributed by atoms with Crippen LogP contribution in [0.3, 0.4) is 0 Å².